The Hall–Kier alpha value is -1.61. The Morgan fingerprint density at radius 1 is 1.50 bits per heavy atom. The normalized spacial score (nSPS) is 23.5. The van der Waals surface area contributed by atoms with Gasteiger partial charge >= 0.3 is 5.97 Å². The third-order valence-electron chi connectivity index (χ3n) is 3.13. The molecule has 0 amide bonds. The van der Waals surface area contributed by atoms with E-state index in [1.807, 2.05) is 24.3 Å². The average molecular weight is 217 g/mol. The zero-order valence-electron chi connectivity index (χ0n) is 9.07. The van der Waals surface area contributed by atoms with E-state index in [0.29, 0.717) is 19.4 Å². The molecule has 2 rings (SSSR count). The smallest absolute Gasteiger partial charge is 0.324 e. The molecule has 0 saturated heterocycles. The SMILES string of the molecule is C=CCC1(C(=O)O)Cc2ccccc2CN1. The standard InChI is InChI=1S/C13H15NO2/c1-2-7-13(12(15)16)8-10-5-3-4-6-11(10)9-14-13/h2-6,14H,1,7-9H2,(H,15,16). The molecular weight excluding hydrogens is 202 g/mol. The molecule has 84 valence electrons. The molecule has 1 unspecified atom stereocenters. The number of nitrogens with one attached hydrogen (secondary N) is 1. The summed E-state index contributed by atoms with van der Waals surface area (Å²) in [5.74, 6) is -0.804. The fourth-order valence-electron chi connectivity index (χ4n) is 2.18. The minimum absolute atomic E-state index is 0.441. The van der Waals surface area contributed by atoms with Crippen LogP contribution in [0.4, 0.5) is 0 Å². The molecule has 1 aromatic rings. The molecule has 3 heteroatoms. The molecular formula is C13H15NO2. The number of carboxylic acid groups (broad SMARTS) is 1. The second kappa shape index (κ2) is 4.10. The molecule has 1 aliphatic heterocycles. The van der Waals surface area contributed by atoms with Gasteiger partial charge in [0.2, 0.25) is 0 Å². The van der Waals surface area contributed by atoms with Gasteiger partial charge in [-0.3, -0.25) is 10.1 Å². The van der Waals surface area contributed by atoms with Crippen molar-refractivity contribution in [3.05, 3.63) is 48.0 Å². The Bertz CT molecular complexity index is 428. The van der Waals surface area contributed by atoms with Crippen LogP contribution in [-0.2, 0) is 17.8 Å². The van der Waals surface area contributed by atoms with E-state index < -0.39 is 11.5 Å². The first-order valence-electron chi connectivity index (χ1n) is 5.34. The monoisotopic (exact) mass is 217 g/mol. The molecule has 1 aliphatic rings. The lowest BCUT2D eigenvalue weighted by Gasteiger charge is -2.35. The van der Waals surface area contributed by atoms with Crippen molar-refractivity contribution in [3.8, 4) is 0 Å². The van der Waals surface area contributed by atoms with Crippen molar-refractivity contribution in [2.24, 2.45) is 0 Å². The van der Waals surface area contributed by atoms with Crippen molar-refractivity contribution in [1.82, 2.24) is 5.32 Å². The van der Waals surface area contributed by atoms with E-state index in [-0.39, 0.29) is 0 Å². The van der Waals surface area contributed by atoms with Crippen molar-refractivity contribution in [2.45, 2.75) is 24.9 Å². The molecule has 0 spiro atoms. The Morgan fingerprint density at radius 2 is 2.19 bits per heavy atom. The first kappa shape index (κ1) is 10.9. The van der Waals surface area contributed by atoms with Crippen LogP contribution in [0.25, 0.3) is 0 Å². The van der Waals surface area contributed by atoms with Crippen LogP contribution in [0.1, 0.15) is 17.5 Å². The van der Waals surface area contributed by atoms with Crippen LogP contribution in [-0.4, -0.2) is 16.6 Å². The van der Waals surface area contributed by atoms with Crippen LogP contribution in [0, 0.1) is 0 Å². The summed E-state index contributed by atoms with van der Waals surface area (Å²) in [7, 11) is 0. The van der Waals surface area contributed by atoms with Crippen LogP contribution in [0.5, 0.6) is 0 Å². The summed E-state index contributed by atoms with van der Waals surface area (Å²) in [4.78, 5) is 11.4. The lowest BCUT2D eigenvalue weighted by atomic mass is 9.82. The number of aliphatic carboxylic acids is 1. The van der Waals surface area contributed by atoms with Gasteiger partial charge in [-0.25, -0.2) is 0 Å². The van der Waals surface area contributed by atoms with Gasteiger partial charge in [0.1, 0.15) is 5.54 Å². The van der Waals surface area contributed by atoms with Gasteiger partial charge in [0.25, 0.3) is 0 Å². The maximum atomic E-state index is 11.4. The second-order valence-electron chi connectivity index (χ2n) is 4.18. The molecule has 0 fully saturated rings. The van der Waals surface area contributed by atoms with E-state index in [2.05, 4.69) is 11.9 Å². The lowest BCUT2D eigenvalue weighted by molar-refractivity contribution is -0.145. The summed E-state index contributed by atoms with van der Waals surface area (Å²) in [5.41, 5.74) is 1.42. The van der Waals surface area contributed by atoms with E-state index in [1.54, 1.807) is 6.08 Å². The zero-order chi connectivity index (χ0) is 11.6. The lowest BCUT2D eigenvalue weighted by Crippen LogP contribution is -2.55. The highest BCUT2D eigenvalue weighted by Crippen LogP contribution is 2.26. The summed E-state index contributed by atoms with van der Waals surface area (Å²) < 4.78 is 0. The van der Waals surface area contributed by atoms with Crippen LogP contribution < -0.4 is 5.32 Å². The largest absolute Gasteiger partial charge is 0.480 e. The van der Waals surface area contributed by atoms with Crippen LogP contribution in [0.2, 0.25) is 0 Å². The van der Waals surface area contributed by atoms with Crippen molar-refractivity contribution < 1.29 is 9.90 Å². The van der Waals surface area contributed by atoms with Gasteiger partial charge in [-0.1, -0.05) is 30.3 Å². The maximum absolute atomic E-state index is 11.4. The molecule has 0 aromatic heterocycles. The molecule has 0 bridgehead atoms. The first-order valence-corrected chi connectivity index (χ1v) is 5.34. The molecule has 3 nitrogen and oxygen atoms in total. The van der Waals surface area contributed by atoms with E-state index in [9.17, 15) is 9.90 Å². The van der Waals surface area contributed by atoms with Gasteiger partial charge in [-0.15, -0.1) is 6.58 Å². The van der Waals surface area contributed by atoms with Crippen LogP contribution in [0.15, 0.2) is 36.9 Å². The highest BCUT2D eigenvalue weighted by Gasteiger charge is 2.39. The van der Waals surface area contributed by atoms with Crippen molar-refractivity contribution >= 4 is 5.97 Å². The molecule has 1 aromatic carbocycles. The molecule has 1 heterocycles. The van der Waals surface area contributed by atoms with Gasteiger partial charge in [0.05, 0.1) is 0 Å². The third kappa shape index (κ3) is 1.74. The summed E-state index contributed by atoms with van der Waals surface area (Å²) in [6, 6.07) is 7.95. The molecule has 0 aliphatic carbocycles. The fourth-order valence-corrected chi connectivity index (χ4v) is 2.18. The van der Waals surface area contributed by atoms with Gasteiger partial charge in [-0.05, 0) is 17.5 Å². The highest BCUT2D eigenvalue weighted by atomic mass is 16.4. The Morgan fingerprint density at radius 3 is 2.81 bits per heavy atom. The topological polar surface area (TPSA) is 49.3 Å². The van der Waals surface area contributed by atoms with Crippen molar-refractivity contribution in [1.29, 1.82) is 0 Å². The molecule has 2 N–H and O–H groups in total. The fraction of sp³-hybridized carbons (Fsp3) is 0.308. The number of fused-ring (bicyclic) bond motifs is 1. The Kier molecular flexibility index (Phi) is 2.79. The summed E-state index contributed by atoms with van der Waals surface area (Å²) >= 11 is 0. The van der Waals surface area contributed by atoms with Gasteiger partial charge in [-0.2, -0.15) is 0 Å². The maximum Gasteiger partial charge on any atom is 0.324 e. The van der Waals surface area contributed by atoms with E-state index in [1.165, 1.54) is 5.56 Å². The average Bonchev–Trinajstić information content (AvgIpc) is 2.29. The Labute approximate surface area is 94.8 Å². The number of hydrogen-bond donors (Lipinski definition) is 2. The molecule has 0 radical (unpaired) electrons. The number of benzene rings is 1. The van der Waals surface area contributed by atoms with Gasteiger partial charge in [0, 0.05) is 13.0 Å². The third-order valence-corrected chi connectivity index (χ3v) is 3.13. The highest BCUT2D eigenvalue weighted by molar-refractivity contribution is 5.80. The predicted molar refractivity (Wildman–Crippen MR) is 62.2 cm³/mol. The van der Waals surface area contributed by atoms with Crippen molar-refractivity contribution in [3.63, 3.8) is 0 Å². The Balaban J connectivity index is 2.34. The van der Waals surface area contributed by atoms with E-state index in [0.717, 1.165) is 5.56 Å². The number of carboxylic acids is 1. The van der Waals surface area contributed by atoms with Crippen LogP contribution in [0.3, 0.4) is 0 Å². The number of hydrogen-bond acceptors (Lipinski definition) is 2. The van der Waals surface area contributed by atoms with E-state index >= 15 is 0 Å². The minimum Gasteiger partial charge on any atom is -0.480 e. The predicted octanol–water partition coefficient (Wildman–Crippen LogP) is 1.73. The quantitative estimate of drug-likeness (QED) is 0.758. The first-order chi connectivity index (χ1) is 7.68. The summed E-state index contributed by atoms with van der Waals surface area (Å²) in [6.45, 7) is 4.24. The summed E-state index contributed by atoms with van der Waals surface area (Å²) in [5, 5.41) is 12.5. The van der Waals surface area contributed by atoms with Gasteiger partial charge in [0.15, 0.2) is 0 Å². The minimum atomic E-state index is -0.879. The summed E-state index contributed by atoms with van der Waals surface area (Å²) in [6.07, 6.45) is 2.62. The van der Waals surface area contributed by atoms with Gasteiger partial charge < -0.3 is 5.11 Å². The number of rotatable bonds is 3. The second-order valence-corrected chi connectivity index (χ2v) is 4.18. The molecule has 16 heavy (non-hydrogen) atoms. The van der Waals surface area contributed by atoms with Crippen LogP contribution >= 0.6 is 0 Å². The molecule has 0 saturated carbocycles. The molecule has 1 atom stereocenters. The number of carbonyl (C=O) groups is 1. The van der Waals surface area contributed by atoms with Crippen molar-refractivity contribution in [2.75, 3.05) is 0 Å². The zero-order valence-corrected chi connectivity index (χ0v) is 9.07. The van der Waals surface area contributed by atoms with E-state index in [4.69, 9.17) is 0 Å².